The third-order valence-corrected chi connectivity index (χ3v) is 4.05. The highest BCUT2D eigenvalue weighted by atomic mass is 16.5. The van der Waals surface area contributed by atoms with E-state index in [-0.39, 0.29) is 5.92 Å². The van der Waals surface area contributed by atoms with Gasteiger partial charge in [0.1, 0.15) is 5.75 Å². The van der Waals surface area contributed by atoms with Gasteiger partial charge in [-0.1, -0.05) is 25.1 Å². The molecule has 1 atom stereocenters. The number of pyridine rings is 2. The van der Waals surface area contributed by atoms with Gasteiger partial charge in [0.15, 0.2) is 0 Å². The first-order valence-electron chi connectivity index (χ1n) is 8.00. The van der Waals surface area contributed by atoms with E-state index in [4.69, 9.17) is 10.5 Å². The Bertz CT molecular complexity index is 877. The smallest absolute Gasteiger partial charge is 0.249 e. The summed E-state index contributed by atoms with van der Waals surface area (Å²) in [5, 5.41) is 0. The van der Waals surface area contributed by atoms with Gasteiger partial charge in [0.05, 0.1) is 0 Å². The van der Waals surface area contributed by atoms with Gasteiger partial charge in [0.25, 0.3) is 0 Å². The van der Waals surface area contributed by atoms with E-state index in [0.717, 1.165) is 16.8 Å². The molecule has 3 aromatic rings. The molecule has 2 aromatic heterocycles. The van der Waals surface area contributed by atoms with Crippen molar-refractivity contribution in [2.45, 2.75) is 19.8 Å². The highest BCUT2D eigenvalue weighted by Gasteiger charge is 2.17. The average molecular weight is 333 g/mol. The molecule has 0 saturated carbocycles. The third kappa shape index (κ3) is 3.83. The fourth-order valence-electron chi connectivity index (χ4n) is 2.63. The number of carbonyl (C=O) groups excluding carboxylic acids is 1. The molecular formula is C20H19N3O2. The Morgan fingerprint density at radius 2 is 1.96 bits per heavy atom. The van der Waals surface area contributed by atoms with Crippen molar-refractivity contribution in [2.75, 3.05) is 0 Å². The normalized spacial score (nSPS) is 11.8. The van der Waals surface area contributed by atoms with Crippen molar-refractivity contribution in [1.29, 1.82) is 0 Å². The van der Waals surface area contributed by atoms with Crippen LogP contribution in [-0.4, -0.2) is 15.9 Å². The van der Waals surface area contributed by atoms with Crippen LogP contribution >= 0.6 is 0 Å². The summed E-state index contributed by atoms with van der Waals surface area (Å²) < 4.78 is 5.69. The molecule has 0 fully saturated rings. The summed E-state index contributed by atoms with van der Waals surface area (Å²) in [6, 6.07) is 14.7. The summed E-state index contributed by atoms with van der Waals surface area (Å²) in [6.45, 7) is 3.96. The summed E-state index contributed by atoms with van der Waals surface area (Å²) in [5.41, 5.74) is 8.83. The second-order valence-corrected chi connectivity index (χ2v) is 5.84. The van der Waals surface area contributed by atoms with Gasteiger partial charge in [0, 0.05) is 35.6 Å². The molecule has 5 nitrogen and oxygen atoms in total. The number of aromatic nitrogens is 2. The Labute approximate surface area is 146 Å². The number of benzene rings is 1. The minimum absolute atomic E-state index is 0.0144. The average Bonchev–Trinajstić information content (AvgIpc) is 2.62. The lowest BCUT2D eigenvalue weighted by atomic mass is 9.90. The molecule has 2 N–H and O–H groups in total. The molecule has 3 rings (SSSR count). The number of carbonyl (C=O) groups is 1. The van der Waals surface area contributed by atoms with E-state index < -0.39 is 5.91 Å². The van der Waals surface area contributed by atoms with Crippen LogP contribution in [0.1, 0.15) is 40.0 Å². The largest absolute Gasteiger partial charge is 0.439 e. The SMILES string of the molecule is Cc1ccc([C@H](C)c2ccc(Oc3ccccn3)cc2C(N)=O)cn1. The minimum Gasteiger partial charge on any atom is -0.439 e. The van der Waals surface area contributed by atoms with Gasteiger partial charge in [0.2, 0.25) is 11.8 Å². The zero-order valence-electron chi connectivity index (χ0n) is 14.1. The van der Waals surface area contributed by atoms with Gasteiger partial charge >= 0.3 is 0 Å². The molecule has 0 spiro atoms. The summed E-state index contributed by atoms with van der Waals surface area (Å²) in [6.07, 6.45) is 3.47. The number of primary amides is 1. The Morgan fingerprint density at radius 3 is 2.60 bits per heavy atom. The Kier molecular flexibility index (Phi) is 4.75. The van der Waals surface area contributed by atoms with Crippen LogP contribution in [0.5, 0.6) is 11.6 Å². The van der Waals surface area contributed by atoms with E-state index in [2.05, 4.69) is 9.97 Å². The highest BCUT2D eigenvalue weighted by Crippen LogP contribution is 2.30. The van der Waals surface area contributed by atoms with E-state index in [1.165, 1.54) is 0 Å². The number of rotatable bonds is 5. The van der Waals surface area contributed by atoms with Gasteiger partial charge in [-0.2, -0.15) is 0 Å². The number of hydrogen-bond donors (Lipinski definition) is 1. The van der Waals surface area contributed by atoms with Crippen molar-refractivity contribution < 1.29 is 9.53 Å². The van der Waals surface area contributed by atoms with Crippen molar-refractivity contribution in [3.05, 3.63) is 83.3 Å². The molecule has 1 aromatic carbocycles. The Balaban J connectivity index is 1.94. The molecule has 0 bridgehead atoms. The molecular weight excluding hydrogens is 314 g/mol. The minimum atomic E-state index is -0.492. The lowest BCUT2D eigenvalue weighted by Gasteiger charge is -2.16. The maximum absolute atomic E-state index is 12.0. The molecule has 0 saturated heterocycles. The molecule has 0 aliphatic rings. The fourth-order valence-corrected chi connectivity index (χ4v) is 2.63. The van der Waals surface area contributed by atoms with E-state index in [1.807, 2.05) is 56.4 Å². The van der Waals surface area contributed by atoms with Gasteiger partial charge in [-0.05, 0) is 42.3 Å². The zero-order chi connectivity index (χ0) is 17.8. The van der Waals surface area contributed by atoms with E-state index in [1.54, 1.807) is 18.3 Å². The van der Waals surface area contributed by atoms with Gasteiger partial charge in [-0.25, -0.2) is 4.98 Å². The van der Waals surface area contributed by atoms with Crippen molar-refractivity contribution in [2.24, 2.45) is 5.73 Å². The molecule has 0 aliphatic heterocycles. The van der Waals surface area contributed by atoms with Crippen molar-refractivity contribution >= 4 is 5.91 Å². The molecule has 126 valence electrons. The summed E-state index contributed by atoms with van der Waals surface area (Å²) in [4.78, 5) is 20.4. The Morgan fingerprint density at radius 1 is 1.12 bits per heavy atom. The monoisotopic (exact) mass is 333 g/mol. The summed E-state index contributed by atoms with van der Waals surface area (Å²) in [7, 11) is 0. The first-order valence-corrected chi connectivity index (χ1v) is 8.00. The molecule has 0 unspecified atom stereocenters. The van der Waals surface area contributed by atoms with Gasteiger partial charge in [-0.15, -0.1) is 0 Å². The zero-order valence-corrected chi connectivity index (χ0v) is 14.1. The second-order valence-electron chi connectivity index (χ2n) is 5.84. The summed E-state index contributed by atoms with van der Waals surface area (Å²) in [5.74, 6) is 0.472. The van der Waals surface area contributed by atoms with Crippen LogP contribution in [0.4, 0.5) is 0 Å². The van der Waals surface area contributed by atoms with Crippen LogP contribution in [0, 0.1) is 6.92 Å². The topological polar surface area (TPSA) is 78.1 Å². The molecule has 5 heteroatoms. The maximum Gasteiger partial charge on any atom is 0.249 e. The third-order valence-electron chi connectivity index (χ3n) is 4.05. The standard InChI is InChI=1S/C20H19N3O2/c1-13-6-7-15(12-23-13)14(2)17-9-8-16(11-18(17)20(21)24)25-19-5-3-4-10-22-19/h3-12,14H,1-2H3,(H2,21,24)/t14-/m0/s1. The van der Waals surface area contributed by atoms with E-state index >= 15 is 0 Å². The van der Waals surface area contributed by atoms with Crippen LogP contribution < -0.4 is 10.5 Å². The van der Waals surface area contributed by atoms with E-state index in [9.17, 15) is 4.79 Å². The van der Waals surface area contributed by atoms with Gasteiger partial charge in [-0.3, -0.25) is 9.78 Å². The predicted octanol–water partition coefficient (Wildman–Crippen LogP) is 3.83. The number of nitrogens with zero attached hydrogens (tertiary/aromatic N) is 2. The van der Waals surface area contributed by atoms with Crippen LogP contribution in [-0.2, 0) is 0 Å². The number of aryl methyl sites for hydroxylation is 1. The number of nitrogens with two attached hydrogens (primary N) is 1. The lowest BCUT2D eigenvalue weighted by Crippen LogP contribution is -2.15. The van der Waals surface area contributed by atoms with Crippen molar-refractivity contribution in [3.63, 3.8) is 0 Å². The van der Waals surface area contributed by atoms with Crippen LogP contribution in [0.15, 0.2) is 60.9 Å². The number of amides is 1. The summed E-state index contributed by atoms with van der Waals surface area (Å²) >= 11 is 0. The quantitative estimate of drug-likeness (QED) is 0.770. The molecule has 0 radical (unpaired) electrons. The highest BCUT2D eigenvalue weighted by molar-refractivity contribution is 5.95. The second kappa shape index (κ2) is 7.13. The Hall–Kier alpha value is -3.21. The number of ether oxygens (including phenoxy) is 1. The first kappa shape index (κ1) is 16.6. The maximum atomic E-state index is 12.0. The van der Waals surface area contributed by atoms with E-state index in [0.29, 0.717) is 17.2 Å². The van der Waals surface area contributed by atoms with Crippen molar-refractivity contribution in [1.82, 2.24) is 9.97 Å². The molecule has 2 heterocycles. The molecule has 0 aliphatic carbocycles. The predicted molar refractivity (Wildman–Crippen MR) is 95.8 cm³/mol. The van der Waals surface area contributed by atoms with Crippen LogP contribution in [0.3, 0.4) is 0 Å². The molecule has 1 amide bonds. The first-order chi connectivity index (χ1) is 12.0. The van der Waals surface area contributed by atoms with Crippen molar-refractivity contribution in [3.8, 4) is 11.6 Å². The van der Waals surface area contributed by atoms with Gasteiger partial charge < -0.3 is 10.5 Å². The lowest BCUT2D eigenvalue weighted by molar-refractivity contribution is 0.0999. The molecule has 25 heavy (non-hydrogen) atoms. The fraction of sp³-hybridized carbons (Fsp3) is 0.150. The number of hydrogen-bond acceptors (Lipinski definition) is 4. The van der Waals surface area contributed by atoms with Crippen LogP contribution in [0.2, 0.25) is 0 Å². The van der Waals surface area contributed by atoms with Crippen LogP contribution in [0.25, 0.3) is 0 Å².